The van der Waals surface area contributed by atoms with E-state index in [-0.39, 0.29) is 12.6 Å². The van der Waals surface area contributed by atoms with Crippen LogP contribution in [0.1, 0.15) is 6.92 Å². The Morgan fingerprint density at radius 2 is 2.43 bits per heavy atom. The van der Waals surface area contributed by atoms with Crippen molar-refractivity contribution in [1.82, 2.24) is 0 Å². The molecule has 0 amide bonds. The Hall–Kier alpha value is -0.340. The minimum Gasteiger partial charge on any atom is -0.392 e. The zero-order valence-corrected chi connectivity index (χ0v) is 4.46. The third kappa shape index (κ3) is 5.66. The van der Waals surface area contributed by atoms with Gasteiger partial charge in [-0.05, 0) is 6.92 Å². The fourth-order valence-corrected chi connectivity index (χ4v) is 0.276. The summed E-state index contributed by atoms with van der Waals surface area (Å²) < 4.78 is 0. The maximum absolute atomic E-state index is 8.17. The van der Waals surface area contributed by atoms with Gasteiger partial charge in [0.1, 0.15) is 0 Å². The summed E-state index contributed by atoms with van der Waals surface area (Å²) in [5.41, 5.74) is 5.28. The van der Waals surface area contributed by atoms with E-state index in [4.69, 9.17) is 10.8 Å². The average molecular weight is 101 g/mol. The van der Waals surface area contributed by atoms with Crippen LogP contribution in [0, 0.1) is 0 Å². The van der Waals surface area contributed by atoms with Gasteiger partial charge in [0.2, 0.25) is 0 Å². The van der Waals surface area contributed by atoms with Gasteiger partial charge in [-0.2, -0.15) is 0 Å². The van der Waals surface area contributed by atoms with Crippen LogP contribution in [0.3, 0.4) is 0 Å². The highest BCUT2D eigenvalue weighted by Gasteiger charge is 1.78. The SMILES string of the molecule is C[C@H](N)/C=C/CO. The molecule has 0 bridgehead atoms. The monoisotopic (exact) mass is 101 g/mol. The molecule has 0 aromatic carbocycles. The molecule has 0 saturated carbocycles. The normalized spacial score (nSPS) is 15.3. The second-order valence-electron chi connectivity index (χ2n) is 1.47. The van der Waals surface area contributed by atoms with Gasteiger partial charge in [0.25, 0.3) is 0 Å². The van der Waals surface area contributed by atoms with Crippen molar-refractivity contribution < 1.29 is 5.11 Å². The third-order valence-electron chi connectivity index (χ3n) is 0.545. The first kappa shape index (κ1) is 6.66. The van der Waals surface area contributed by atoms with Gasteiger partial charge < -0.3 is 10.8 Å². The van der Waals surface area contributed by atoms with Gasteiger partial charge in [-0.15, -0.1) is 0 Å². The zero-order valence-electron chi connectivity index (χ0n) is 4.46. The smallest absolute Gasteiger partial charge is 0.0612 e. The molecule has 1 atom stereocenters. The molecule has 0 spiro atoms. The average Bonchev–Trinajstić information content (AvgIpc) is 1.61. The minimum absolute atomic E-state index is 0.0622. The van der Waals surface area contributed by atoms with E-state index in [2.05, 4.69) is 0 Å². The molecule has 0 aliphatic carbocycles. The van der Waals surface area contributed by atoms with Crippen molar-refractivity contribution in [3.63, 3.8) is 0 Å². The van der Waals surface area contributed by atoms with Crippen LogP contribution in [0.5, 0.6) is 0 Å². The molecule has 0 aliphatic rings. The summed E-state index contributed by atoms with van der Waals surface area (Å²) in [6.45, 7) is 1.94. The van der Waals surface area contributed by atoms with E-state index in [0.717, 1.165) is 0 Å². The van der Waals surface area contributed by atoms with E-state index in [1.54, 1.807) is 12.2 Å². The summed E-state index contributed by atoms with van der Waals surface area (Å²) in [5.74, 6) is 0. The summed E-state index contributed by atoms with van der Waals surface area (Å²) >= 11 is 0. The molecule has 3 N–H and O–H groups in total. The lowest BCUT2D eigenvalue weighted by atomic mass is 10.3. The van der Waals surface area contributed by atoms with E-state index >= 15 is 0 Å². The Morgan fingerprint density at radius 1 is 1.86 bits per heavy atom. The molecule has 0 radical (unpaired) electrons. The Labute approximate surface area is 43.6 Å². The third-order valence-corrected chi connectivity index (χ3v) is 0.545. The van der Waals surface area contributed by atoms with Crippen molar-refractivity contribution in [3.8, 4) is 0 Å². The highest BCUT2D eigenvalue weighted by atomic mass is 16.2. The van der Waals surface area contributed by atoms with E-state index < -0.39 is 0 Å². The number of aliphatic hydroxyl groups is 1. The van der Waals surface area contributed by atoms with Crippen molar-refractivity contribution in [2.45, 2.75) is 13.0 Å². The van der Waals surface area contributed by atoms with Gasteiger partial charge in [-0.3, -0.25) is 0 Å². The first-order chi connectivity index (χ1) is 3.27. The zero-order chi connectivity index (χ0) is 5.70. The summed E-state index contributed by atoms with van der Waals surface area (Å²) in [4.78, 5) is 0. The fraction of sp³-hybridized carbons (Fsp3) is 0.600. The van der Waals surface area contributed by atoms with Crippen LogP contribution in [-0.4, -0.2) is 17.8 Å². The number of hydrogen-bond donors (Lipinski definition) is 2. The molecule has 7 heavy (non-hydrogen) atoms. The molecule has 2 heteroatoms. The topological polar surface area (TPSA) is 46.2 Å². The summed E-state index contributed by atoms with van der Waals surface area (Å²) in [5, 5.41) is 8.17. The molecule has 0 aliphatic heterocycles. The molecule has 0 aromatic rings. The quantitative estimate of drug-likeness (QED) is 0.476. The summed E-state index contributed by atoms with van der Waals surface area (Å²) in [6, 6.07) is 0.0622. The second kappa shape index (κ2) is 3.84. The minimum atomic E-state index is 0.0622. The predicted octanol–water partition coefficient (Wildman–Crippen LogP) is -0.118. The summed E-state index contributed by atoms with van der Waals surface area (Å²) in [6.07, 6.45) is 3.38. The van der Waals surface area contributed by atoms with Crippen LogP contribution < -0.4 is 5.73 Å². The number of nitrogens with two attached hydrogens (primary N) is 1. The van der Waals surface area contributed by atoms with Gasteiger partial charge in [0.05, 0.1) is 6.61 Å². The Morgan fingerprint density at radius 3 is 2.57 bits per heavy atom. The van der Waals surface area contributed by atoms with Crippen molar-refractivity contribution in [2.24, 2.45) is 5.73 Å². The highest BCUT2D eigenvalue weighted by molar-refractivity contribution is 4.87. The van der Waals surface area contributed by atoms with Crippen LogP contribution in [0.4, 0.5) is 0 Å². The molecule has 2 nitrogen and oxygen atoms in total. The predicted molar refractivity (Wildman–Crippen MR) is 29.9 cm³/mol. The molecule has 0 heterocycles. The number of hydrogen-bond acceptors (Lipinski definition) is 2. The van der Waals surface area contributed by atoms with Crippen LogP contribution in [0.25, 0.3) is 0 Å². The van der Waals surface area contributed by atoms with Crippen LogP contribution in [0.2, 0.25) is 0 Å². The number of aliphatic hydroxyl groups excluding tert-OH is 1. The molecular weight excluding hydrogens is 90.1 g/mol. The standard InChI is InChI=1S/C5H11NO/c1-5(6)3-2-4-7/h2-3,5,7H,4,6H2,1H3/b3-2+/t5-/m0/s1. The van der Waals surface area contributed by atoms with E-state index in [9.17, 15) is 0 Å². The Kier molecular flexibility index (Phi) is 3.65. The van der Waals surface area contributed by atoms with Crippen molar-refractivity contribution in [2.75, 3.05) is 6.61 Å². The first-order valence-corrected chi connectivity index (χ1v) is 2.30. The van der Waals surface area contributed by atoms with Gasteiger partial charge in [0, 0.05) is 6.04 Å². The summed E-state index contributed by atoms with van der Waals surface area (Å²) in [7, 11) is 0. The Balaban J connectivity index is 3.08. The van der Waals surface area contributed by atoms with E-state index in [0.29, 0.717) is 0 Å². The Bertz CT molecular complexity index is 59.1. The maximum atomic E-state index is 8.17. The molecule has 0 aromatic heterocycles. The molecule has 0 fully saturated rings. The van der Waals surface area contributed by atoms with Crippen molar-refractivity contribution in [3.05, 3.63) is 12.2 Å². The van der Waals surface area contributed by atoms with Crippen LogP contribution in [-0.2, 0) is 0 Å². The highest BCUT2D eigenvalue weighted by Crippen LogP contribution is 1.75. The van der Waals surface area contributed by atoms with Crippen molar-refractivity contribution >= 4 is 0 Å². The lowest BCUT2D eigenvalue weighted by Crippen LogP contribution is -2.10. The molecule has 0 rings (SSSR count). The van der Waals surface area contributed by atoms with Gasteiger partial charge >= 0.3 is 0 Å². The van der Waals surface area contributed by atoms with E-state index in [1.807, 2.05) is 6.92 Å². The van der Waals surface area contributed by atoms with Gasteiger partial charge in [-0.1, -0.05) is 12.2 Å². The lowest BCUT2D eigenvalue weighted by molar-refractivity contribution is 0.342. The number of rotatable bonds is 2. The maximum Gasteiger partial charge on any atom is 0.0612 e. The largest absolute Gasteiger partial charge is 0.392 e. The van der Waals surface area contributed by atoms with Crippen molar-refractivity contribution in [1.29, 1.82) is 0 Å². The van der Waals surface area contributed by atoms with Gasteiger partial charge in [0.15, 0.2) is 0 Å². The second-order valence-corrected chi connectivity index (χ2v) is 1.47. The molecular formula is C5H11NO. The van der Waals surface area contributed by atoms with E-state index in [1.165, 1.54) is 0 Å². The molecule has 0 unspecified atom stereocenters. The molecule has 0 saturated heterocycles. The van der Waals surface area contributed by atoms with Crippen LogP contribution in [0.15, 0.2) is 12.2 Å². The van der Waals surface area contributed by atoms with Gasteiger partial charge in [-0.25, -0.2) is 0 Å². The fourth-order valence-electron chi connectivity index (χ4n) is 0.276. The molecule has 42 valence electrons. The van der Waals surface area contributed by atoms with Crippen LogP contribution >= 0.6 is 0 Å². The lowest BCUT2D eigenvalue weighted by Gasteiger charge is -1.89. The first-order valence-electron chi connectivity index (χ1n) is 2.30.